The van der Waals surface area contributed by atoms with E-state index in [1.54, 1.807) is 12.0 Å². The Kier molecular flexibility index (Phi) is 8.90. The summed E-state index contributed by atoms with van der Waals surface area (Å²) in [5.41, 5.74) is 7.01. The molecule has 0 radical (unpaired) electrons. The largest absolute Gasteiger partial charge is 0.368 e. The quantitative estimate of drug-likeness (QED) is 0.288. The third-order valence-electron chi connectivity index (χ3n) is 16.3. The number of hydrogen-bond donors (Lipinski definition) is 0. The molecule has 1 aromatic carbocycles. The fourth-order valence-electron chi connectivity index (χ4n) is 14.0. The summed E-state index contributed by atoms with van der Waals surface area (Å²) in [5, 5.41) is 0. The van der Waals surface area contributed by atoms with Gasteiger partial charge in [0.15, 0.2) is 0 Å². The van der Waals surface area contributed by atoms with Gasteiger partial charge in [-0.1, -0.05) is 92.8 Å². The highest BCUT2D eigenvalue weighted by Crippen LogP contribution is 2.56. The Morgan fingerprint density at radius 3 is 2.10 bits per heavy atom. The minimum absolute atomic E-state index is 0.595. The molecule has 11 unspecified atom stereocenters. The molecule has 10 rings (SSSR count). The smallest absolute Gasteiger partial charge is 0.0515 e. The highest BCUT2D eigenvalue weighted by Gasteiger charge is 2.51. The third-order valence-corrected chi connectivity index (χ3v) is 16.3. The van der Waals surface area contributed by atoms with Crippen LogP contribution in [0, 0.1) is 47.3 Å². The number of fused-ring (bicyclic) bond motifs is 5. The van der Waals surface area contributed by atoms with E-state index in [0.717, 1.165) is 47.6 Å². The normalized spacial score (nSPS) is 41.4. The molecule has 266 valence electrons. The first kappa shape index (κ1) is 32.2. The maximum absolute atomic E-state index is 3.20. The minimum atomic E-state index is 0.595. The van der Waals surface area contributed by atoms with Gasteiger partial charge in [0, 0.05) is 41.3 Å². The molecule has 50 heavy (non-hydrogen) atoms. The van der Waals surface area contributed by atoms with Crippen LogP contribution in [0.5, 0.6) is 0 Å². The monoisotopic (exact) mass is 669 g/mol. The summed E-state index contributed by atoms with van der Waals surface area (Å²) in [5.74, 6) is 6.88. The molecule has 7 aliphatic carbocycles. The van der Waals surface area contributed by atoms with Crippen molar-refractivity contribution in [1.29, 1.82) is 0 Å². The maximum Gasteiger partial charge on any atom is 0.0515 e. The van der Waals surface area contributed by atoms with Crippen LogP contribution in [0.2, 0.25) is 0 Å². The van der Waals surface area contributed by atoms with E-state index in [1.165, 1.54) is 128 Å². The van der Waals surface area contributed by atoms with Gasteiger partial charge in [-0.15, -0.1) is 0 Å². The summed E-state index contributed by atoms with van der Waals surface area (Å²) in [4.78, 5) is 6.09. The Balaban J connectivity index is 0.918. The molecule has 0 spiro atoms. The zero-order valence-electron chi connectivity index (χ0n) is 30.9. The zero-order valence-corrected chi connectivity index (χ0v) is 30.9. The summed E-state index contributed by atoms with van der Waals surface area (Å²) < 4.78 is 0. The highest BCUT2D eigenvalue weighted by atomic mass is 15.2. The standard InChI is InChI=1S/C48H64N2/c1-4-14-33(15-5-1)37-28-38(34-16-6-2-7-17-34)30-40(29-37)50-46-23-13-11-21-42(46)44-31-35(25-27-47(44)50)36-24-26-43-41-20-10-12-22-45(41)49(48(43)32-36)39-18-8-3-9-19-39/h1,3-4,8-11,18-21,26,33-38,40-42,45-46,48H,2,5-7,12-17,22-25,27-32H2. The summed E-state index contributed by atoms with van der Waals surface area (Å²) in [7, 11) is 0. The molecule has 2 nitrogen and oxygen atoms in total. The van der Waals surface area contributed by atoms with Gasteiger partial charge in [-0.3, -0.25) is 0 Å². The summed E-state index contributed by atoms with van der Waals surface area (Å²) in [6.07, 6.45) is 46.4. The van der Waals surface area contributed by atoms with E-state index in [2.05, 4.69) is 82.7 Å². The van der Waals surface area contributed by atoms with Crippen molar-refractivity contribution in [3.05, 3.63) is 89.7 Å². The lowest BCUT2D eigenvalue weighted by atomic mass is 9.64. The van der Waals surface area contributed by atoms with Gasteiger partial charge in [-0.2, -0.15) is 0 Å². The second kappa shape index (κ2) is 13.8. The van der Waals surface area contributed by atoms with Crippen LogP contribution >= 0.6 is 0 Å². The van der Waals surface area contributed by atoms with Crippen LogP contribution in [-0.2, 0) is 0 Å². The Bertz CT molecular complexity index is 1520. The predicted molar refractivity (Wildman–Crippen MR) is 209 cm³/mol. The first-order valence-corrected chi connectivity index (χ1v) is 21.8. The van der Waals surface area contributed by atoms with E-state index in [4.69, 9.17) is 0 Å². The van der Waals surface area contributed by atoms with Crippen molar-refractivity contribution in [2.24, 2.45) is 47.3 Å². The van der Waals surface area contributed by atoms with Crippen LogP contribution in [0.3, 0.4) is 0 Å². The van der Waals surface area contributed by atoms with Gasteiger partial charge in [-0.05, 0) is 155 Å². The second-order valence-electron chi connectivity index (χ2n) is 18.6. The summed E-state index contributed by atoms with van der Waals surface area (Å²) >= 11 is 0. The van der Waals surface area contributed by atoms with Crippen molar-refractivity contribution in [1.82, 2.24) is 4.90 Å². The fourth-order valence-corrected chi connectivity index (χ4v) is 14.0. The van der Waals surface area contributed by atoms with Gasteiger partial charge in [0.2, 0.25) is 0 Å². The number of hydrogen-bond acceptors (Lipinski definition) is 2. The first-order chi connectivity index (χ1) is 24.8. The lowest BCUT2D eigenvalue weighted by Crippen LogP contribution is -2.48. The fraction of sp³-hybridized carbons (Fsp3) is 0.667. The van der Waals surface area contributed by atoms with Crippen molar-refractivity contribution >= 4 is 5.69 Å². The first-order valence-electron chi connectivity index (χ1n) is 21.8. The molecule has 0 amide bonds. The van der Waals surface area contributed by atoms with Gasteiger partial charge < -0.3 is 9.80 Å². The summed E-state index contributed by atoms with van der Waals surface area (Å²) in [6.45, 7) is 0. The molecule has 1 saturated heterocycles. The van der Waals surface area contributed by atoms with Gasteiger partial charge >= 0.3 is 0 Å². The van der Waals surface area contributed by atoms with Gasteiger partial charge in [0.1, 0.15) is 0 Å². The number of benzene rings is 1. The van der Waals surface area contributed by atoms with Crippen LogP contribution in [0.25, 0.3) is 0 Å². The highest BCUT2D eigenvalue weighted by molar-refractivity contribution is 5.56. The molecule has 1 aromatic rings. The Morgan fingerprint density at radius 1 is 0.540 bits per heavy atom. The number of nitrogens with zero attached hydrogens (tertiary/aromatic N) is 2. The molecular formula is C48H64N2. The molecule has 2 aliphatic heterocycles. The molecule has 9 aliphatic rings. The number of para-hydroxylation sites is 1. The average Bonchev–Trinajstić information content (AvgIpc) is 3.71. The van der Waals surface area contributed by atoms with Crippen molar-refractivity contribution < 1.29 is 0 Å². The molecule has 2 heteroatoms. The molecular weight excluding hydrogens is 605 g/mol. The lowest BCUT2D eigenvalue weighted by Gasteiger charge is -2.49. The van der Waals surface area contributed by atoms with Crippen LogP contribution in [0.15, 0.2) is 89.7 Å². The molecule has 11 atom stereocenters. The van der Waals surface area contributed by atoms with E-state index < -0.39 is 0 Å². The van der Waals surface area contributed by atoms with Crippen molar-refractivity contribution in [2.45, 2.75) is 153 Å². The molecule has 0 N–H and O–H groups in total. The molecule has 2 heterocycles. The molecule has 3 fully saturated rings. The Morgan fingerprint density at radius 2 is 1.30 bits per heavy atom. The second-order valence-corrected chi connectivity index (χ2v) is 18.6. The van der Waals surface area contributed by atoms with Crippen LogP contribution < -0.4 is 4.90 Å². The lowest BCUT2D eigenvalue weighted by molar-refractivity contribution is 0.0394. The maximum atomic E-state index is 3.20. The van der Waals surface area contributed by atoms with Crippen molar-refractivity contribution in [3.63, 3.8) is 0 Å². The molecule has 0 bridgehead atoms. The number of rotatable bonds is 5. The van der Waals surface area contributed by atoms with E-state index in [1.807, 2.05) is 11.3 Å². The van der Waals surface area contributed by atoms with E-state index in [9.17, 15) is 0 Å². The minimum Gasteiger partial charge on any atom is -0.368 e. The summed E-state index contributed by atoms with van der Waals surface area (Å²) in [6, 6.07) is 14.3. The van der Waals surface area contributed by atoms with Gasteiger partial charge in [0.25, 0.3) is 0 Å². The van der Waals surface area contributed by atoms with Crippen LogP contribution in [0.1, 0.15) is 128 Å². The number of allylic oxidation sites excluding steroid dienone is 6. The average molecular weight is 669 g/mol. The Hall–Kier alpha value is -2.48. The van der Waals surface area contributed by atoms with Gasteiger partial charge in [-0.25, -0.2) is 0 Å². The third kappa shape index (κ3) is 5.73. The molecule has 2 saturated carbocycles. The topological polar surface area (TPSA) is 6.48 Å². The van der Waals surface area contributed by atoms with Crippen molar-refractivity contribution in [3.8, 4) is 0 Å². The van der Waals surface area contributed by atoms with Crippen LogP contribution in [-0.4, -0.2) is 29.1 Å². The number of anilines is 1. The van der Waals surface area contributed by atoms with Gasteiger partial charge in [0.05, 0.1) is 6.04 Å². The van der Waals surface area contributed by atoms with E-state index >= 15 is 0 Å². The molecule has 0 aromatic heterocycles. The zero-order chi connectivity index (χ0) is 33.0. The van der Waals surface area contributed by atoms with E-state index in [-0.39, 0.29) is 0 Å². The van der Waals surface area contributed by atoms with Crippen LogP contribution in [0.4, 0.5) is 5.69 Å². The predicted octanol–water partition coefficient (Wildman–Crippen LogP) is 12.0. The van der Waals surface area contributed by atoms with E-state index in [0.29, 0.717) is 23.9 Å². The Labute approximate surface area is 304 Å². The SMILES string of the molecule is C1=CCC(C2CC(C3CCCCC3)CC(N3C4=C(CC(C5CC=C6C7C=CCCC7N(c7ccccc7)C6C5)CC4)C4C=CCCC43)C2)CC1. The van der Waals surface area contributed by atoms with Crippen molar-refractivity contribution in [2.75, 3.05) is 4.90 Å².